The van der Waals surface area contributed by atoms with Gasteiger partial charge in [0, 0.05) is 16.7 Å². The van der Waals surface area contributed by atoms with E-state index in [9.17, 15) is 0 Å². The summed E-state index contributed by atoms with van der Waals surface area (Å²) in [5.41, 5.74) is 2.83. The molecule has 1 atom stereocenters. The quantitative estimate of drug-likeness (QED) is 0.806. The summed E-state index contributed by atoms with van der Waals surface area (Å²) in [6.07, 6.45) is 1.24. The van der Waals surface area contributed by atoms with E-state index in [1.165, 1.54) is 22.6 Å². The molecular formula is C13H19NS. The molecule has 1 heterocycles. The van der Waals surface area contributed by atoms with Crippen molar-refractivity contribution in [2.75, 3.05) is 11.9 Å². The third kappa shape index (κ3) is 2.15. The summed E-state index contributed by atoms with van der Waals surface area (Å²) >= 11 is 2.03. The van der Waals surface area contributed by atoms with Gasteiger partial charge < -0.3 is 5.32 Å². The Hall–Kier alpha value is -0.630. The third-order valence-corrected chi connectivity index (χ3v) is 4.36. The number of para-hydroxylation sites is 1. The highest BCUT2D eigenvalue weighted by atomic mass is 32.2. The maximum atomic E-state index is 3.59. The third-order valence-electron chi connectivity index (χ3n) is 2.94. The average Bonchev–Trinajstić information content (AvgIpc) is 2.27. The molecule has 2 rings (SSSR count). The Morgan fingerprint density at radius 3 is 2.93 bits per heavy atom. The predicted molar refractivity (Wildman–Crippen MR) is 69.0 cm³/mol. The van der Waals surface area contributed by atoms with Gasteiger partial charge in [0.15, 0.2) is 0 Å². The van der Waals surface area contributed by atoms with Crippen LogP contribution in [0, 0.1) is 0 Å². The highest BCUT2D eigenvalue weighted by Crippen LogP contribution is 2.40. The van der Waals surface area contributed by atoms with Crippen molar-refractivity contribution in [1.29, 1.82) is 0 Å². The first kappa shape index (κ1) is 10.9. The number of nitrogens with one attached hydrogen (secondary N) is 1. The van der Waals surface area contributed by atoms with Crippen LogP contribution in [-0.2, 0) is 0 Å². The van der Waals surface area contributed by atoms with Crippen LogP contribution in [0.15, 0.2) is 23.1 Å². The molecule has 0 saturated heterocycles. The average molecular weight is 221 g/mol. The topological polar surface area (TPSA) is 12.0 Å². The van der Waals surface area contributed by atoms with Gasteiger partial charge in [0.2, 0.25) is 0 Å². The number of fused-ring (bicyclic) bond motifs is 1. The zero-order valence-electron chi connectivity index (χ0n) is 9.71. The van der Waals surface area contributed by atoms with E-state index in [1.807, 2.05) is 11.8 Å². The molecule has 0 aliphatic carbocycles. The number of hydrogen-bond donors (Lipinski definition) is 1. The molecule has 0 spiro atoms. The van der Waals surface area contributed by atoms with E-state index in [-0.39, 0.29) is 0 Å². The Bertz CT molecular complexity index is 346. The lowest BCUT2D eigenvalue weighted by molar-refractivity contribution is 0.822. The summed E-state index contributed by atoms with van der Waals surface area (Å²) in [5.74, 6) is 0.603. The van der Waals surface area contributed by atoms with Crippen molar-refractivity contribution in [3.63, 3.8) is 0 Å². The van der Waals surface area contributed by atoms with Gasteiger partial charge in [-0.3, -0.25) is 0 Å². The molecule has 1 nitrogen and oxygen atoms in total. The van der Waals surface area contributed by atoms with Gasteiger partial charge in [-0.15, -0.1) is 11.8 Å². The van der Waals surface area contributed by atoms with Crippen molar-refractivity contribution < 1.29 is 0 Å². The molecule has 1 N–H and O–H groups in total. The minimum absolute atomic E-state index is 0.603. The van der Waals surface area contributed by atoms with Gasteiger partial charge in [-0.1, -0.05) is 32.9 Å². The second-order valence-electron chi connectivity index (χ2n) is 4.40. The van der Waals surface area contributed by atoms with E-state index in [2.05, 4.69) is 44.3 Å². The van der Waals surface area contributed by atoms with Gasteiger partial charge in [0.05, 0.1) is 5.69 Å². The Labute approximate surface area is 96.7 Å². The van der Waals surface area contributed by atoms with Crippen molar-refractivity contribution in [2.45, 2.75) is 43.3 Å². The minimum atomic E-state index is 0.603. The molecule has 1 aliphatic heterocycles. The van der Waals surface area contributed by atoms with E-state index in [1.54, 1.807) is 0 Å². The highest BCUT2D eigenvalue weighted by Gasteiger charge is 2.20. The Kier molecular flexibility index (Phi) is 3.25. The van der Waals surface area contributed by atoms with Crippen molar-refractivity contribution in [1.82, 2.24) is 0 Å². The fourth-order valence-electron chi connectivity index (χ4n) is 1.98. The van der Waals surface area contributed by atoms with E-state index in [0.717, 1.165) is 11.8 Å². The molecule has 2 heteroatoms. The normalized spacial score (nSPS) is 19.9. The van der Waals surface area contributed by atoms with Crippen LogP contribution in [0.5, 0.6) is 0 Å². The summed E-state index contributed by atoms with van der Waals surface area (Å²) in [6.45, 7) is 7.89. The minimum Gasteiger partial charge on any atom is -0.383 e. The zero-order valence-corrected chi connectivity index (χ0v) is 10.5. The molecular weight excluding hydrogens is 202 g/mol. The summed E-state index contributed by atoms with van der Waals surface area (Å²) in [5, 5.41) is 4.33. The largest absolute Gasteiger partial charge is 0.383 e. The van der Waals surface area contributed by atoms with E-state index >= 15 is 0 Å². The second kappa shape index (κ2) is 4.48. The summed E-state index contributed by atoms with van der Waals surface area (Å²) in [4.78, 5) is 1.43. The maximum absolute atomic E-state index is 3.59. The van der Waals surface area contributed by atoms with Crippen LogP contribution in [0.25, 0.3) is 0 Å². The zero-order chi connectivity index (χ0) is 10.8. The number of thioether (sulfide) groups is 1. The Morgan fingerprint density at radius 1 is 1.47 bits per heavy atom. The lowest BCUT2D eigenvalue weighted by Gasteiger charge is -2.27. The van der Waals surface area contributed by atoms with Crippen LogP contribution in [0.1, 0.15) is 38.7 Å². The molecule has 0 radical (unpaired) electrons. The van der Waals surface area contributed by atoms with Gasteiger partial charge in [0.1, 0.15) is 0 Å². The van der Waals surface area contributed by atoms with Crippen molar-refractivity contribution in [3.05, 3.63) is 23.8 Å². The number of hydrogen-bond acceptors (Lipinski definition) is 2. The summed E-state index contributed by atoms with van der Waals surface area (Å²) < 4.78 is 0. The Balaban J connectivity index is 2.33. The Morgan fingerprint density at radius 2 is 2.27 bits per heavy atom. The van der Waals surface area contributed by atoms with E-state index in [0.29, 0.717) is 5.92 Å². The van der Waals surface area contributed by atoms with Gasteiger partial charge >= 0.3 is 0 Å². The van der Waals surface area contributed by atoms with Crippen molar-refractivity contribution >= 4 is 17.4 Å². The van der Waals surface area contributed by atoms with Crippen LogP contribution >= 0.6 is 11.8 Å². The molecule has 1 aromatic rings. The first-order chi connectivity index (χ1) is 7.22. The number of anilines is 1. The lowest BCUT2D eigenvalue weighted by atomic mass is 10.0. The molecule has 0 bridgehead atoms. The molecule has 0 amide bonds. The number of benzene rings is 1. The monoisotopic (exact) mass is 221 g/mol. The van der Waals surface area contributed by atoms with Gasteiger partial charge in [-0.2, -0.15) is 0 Å². The maximum Gasteiger partial charge on any atom is 0.0514 e. The number of rotatable bonds is 2. The molecule has 1 unspecified atom stereocenters. The SMILES string of the molecule is CCC1CNc2c(cccc2C(C)C)S1. The fraction of sp³-hybridized carbons (Fsp3) is 0.538. The predicted octanol–water partition coefficient (Wildman–Crippen LogP) is 4.11. The van der Waals surface area contributed by atoms with Crippen molar-refractivity contribution in [2.24, 2.45) is 0 Å². The van der Waals surface area contributed by atoms with Crippen LogP contribution in [0.3, 0.4) is 0 Å². The molecule has 0 saturated carbocycles. The van der Waals surface area contributed by atoms with E-state index < -0.39 is 0 Å². The summed E-state index contributed by atoms with van der Waals surface area (Å²) in [7, 11) is 0. The summed E-state index contributed by atoms with van der Waals surface area (Å²) in [6, 6.07) is 6.66. The van der Waals surface area contributed by atoms with Gasteiger partial charge in [-0.05, 0) is 24.0 Å². The molecule has 0 aromatic heterocycles. The van der Waals surface area contributed by atoms with Crippen LogP contribution in [0.2, 0.25) is 0 Å². The highest BCUT2D eigenvalue weighted by molar-refractivity contribution is 8.00. The molecule has 1 aromatic carbocycles. The van der Waals surface area contributed by atoms with Gasteiger partial charge in [0.25, 0.3) is 0 Å². The second-order valence-corrected chi connectivity index (χ2v) is 5.75. The molecule has 1 aliphatic rings. The van der Waals surface area contributed by atoms with Crippen LogP contribution in [0.4, 0.5) is 5.69 Å². The fourth-order valence-corrected chi connectivity index (χ4v) is 3.14. The molecule has 15 heavy (non-hydrogen) atoms. The smallest absolute Gasteiger partial charge is 0.0514 e. The van der Waals surface area contributed by atoms with Crippen LogP contribution in [-0.4, -0.2) is 11.8 Å². The van der Waals surface area contributed by atoms with E-state index in [4.69, 9.17) is 0 Å². The lowest BCUT2D eigenvalue weighted by Crippen LogP contribution is -2.21. The van der Waals surface area contributed by atoms with Crippen LogP contribution < -0.4 is 5.32 Å². The first-order valence-corrected chi connectivity index (χ1v) is 6.63. The standard InChI is InChI=1S/C13H19NS/c1-4-10-8-14-13-11(9(2)3)6-5-7-12(13)15-10/h5-7,9-10,14H,4,8H2,1-3H3. The van der Waals surface area contributed by atoms with Crippen molar-refractivity contribution in [3.8, 4) is 0 Å². The molecule has 82 valence electrons. The first-order valence-electron chi connectivity index (χ1n) is 5.75. The van der Waals surface area contributed by atoms with Gasteiger partial charge in [-0.25, -0.2) is 0 Å². The molecule has 0 fully saturated rings.